The van der Waals surface area contributed by atoms with Crippen LogP contribution in [-0.2, 0) is 13.5 Å². The molecule has 114 valence electrons. The zero-order valence-corrected chi connectivity index (χ0v) is 13.9. The Kier molecular flexibility index (Phi) is 4.35. The Labute approximate surface area is 136 Å². The molecule has 3 aromatic heterocycles. The number of hydrogen-bond donors (Lipinski definition) is 1. The van der Waals surface area contributed by atoms with E-state index in [0.717, 1.165) is 17.1 Å². The monoisotopic (exact) mass is 332 g/mol. The molecule has 3 aromatic rings. The summed E-state index contributed by atoms with van der Waals surface area (Å²) in [7, 11) is 1.83. The second kappa shape index (κ2) is 6.41. The molecule has 0 radical (unpaired) electrons. The van der Waals surface area contributed by atoms with E-state index in [1.54, 1.807) is 39.7 Å². The Morgan fingerprint density at radius 3 is 2.86 bits per heavy atom. The molecule has 3 rings (SSSR count). The van der Waals surface area contributed by atoms with E-state index in [1.165, 1.54) is 4.88 Å². The highest BCUT2D eigenvalue weighted by atomic mass is 32.1. The molecule has 0 spiro atoms. The maximum absolute atomic E-state index is 12.5. The number of thiophene rings is 1. The zero-order valence-electron chi connectivity index (χ0n) is 12.3. The maximum atomic E-state index is 12.5. The van der Waals surface area contributed by atoms with Gasteiger partial charge in [-0.3, -0.25) is 9.48 Å². The third-order valence-corrected chi connectivity index (χ3v) is 5.31. The average molecular weight is 332 g/mol. The second-order valence-corrected chi connectivity index (χ2v) is 6.91. The van der Waals surface area contributed by atoms with Crippen molar-refractivity contribution in [3.05, 3.63) is 56.4 Å². The fourth-order valence-corrected chi connectivity index (χ4v) is 3.64. The van der Waals surface area contributed by atoms with Crippen LogP contribution in [0.15, 0.2) is 35.3 Å². The Morgan fingerprint density at radius 1 is 1.41 bits per heavy atom. The highest BCUT2D eigenvalue weighted by Crippen LogP contribution is 2.23. The molecule has 1 atom stereocenters. The average Bonchev–Trinajstić information content (AvgIpc) is 3.23. The van der Waals surface area contributed by atoms with E-state index in [-0.39, 0.29) is 11.9 Å². The van der Waals surface area contributed by atoms with Crippen molar-refractivity contribution in [2.45, 2.75) is 19.4 Å². The van der Waals surface area contributed by atoms with Gasteiger partial charge in [0.15, 0.2) is 0 Å². The molecule has 0 fully saturated rings. The van der Waals surface area contributed by atoms with Crippen molar-refractivity contribution < 1.29 is 4.79 Å². The molecule has 0 bridgehead atoms. The van der Waals surface area contributed by atoms with Crippen molar-refractivity contribution in [3.8, 4) is 0 Å². The molecule has 0 aliphatic rings. The first-order valence-corrected chi connectivity index (χ1v) is 8.62. The van der Waals surface area contributed by atoms with E-state index in [1.807, 2.05) is 30.8 Å². The van der Waals surface area contributed by atoms with Crippen LogP contribution >= 0.6 is 22.7 Å². The fraction of sp³-hybridized carbons (Fsp3) is 0.267. The lowest BCUT2D eigenvalue weighted by Crippen LogP contribution is -2.30. The second-order valence-electron chi connectivity index (χ2n) is 4.95. The number of aryl methyl sites for hydroxylation is 1. The number of hydrogen-bond acceptors (Lipinski definition) is 5. The number of carbonyl (C=O) groups is 1. The van der Waals surface area contributed by atoms with E-state index in [9.17, 15) is 4.79 Å². The van der Waals surface area contributed by atoms with Crippen molar-refractivity contribution >= 4 is 28.6 Å². The first kappa shape index (κ1) is 14.9. The van der Waals surface area contributed by atoms with Gasteiger partial charge in [-0.25, -0.2) is 4.98 Å². The third kappa shape index (κ3) is 3.10. The van der Waals surface area contributed by atoms with Crippen molar-refractivity contribution in [2.24, 2.45) is 7.05 Å². The summed E-state index contributed by atoms with van der Waals surface area (Å²) < 4.78 is 1.70. The van der Waals surface area contributed by atoms with Gasteiger partial charge in [-0.05, 0) is 18.4 Å². The van der Waals surface area contributed by atoms with Crippen LogP contribution < -0.4 is 5.32 Å². The number of amides is 1. The normalized spacial score (nSPS) is 12.3. The molecule has 1 amide bonds. The smallest absolute Gasteiger partial charge is 0.255 e. The van der Waals surface area contributed by atoms with Crippen LogP contribution in [0.5, 0.6) is 0 Å². The van der Waals surface area contributed by atoms with Crippen LogP contribution in [0.1, 0.15) is 32.0 Å². The maximum Gasteiger partial charge on any atom is 0.255 e. The molecule has 22 heavy (non-hydrogen) atoms. The molecular formula is C15H16N4OS2. The van der Waals surface area contributed by atoms with Crippen LogP contribution in [0.3, 0.4) is 0 Å². The summed E-state index contributed by atoms with van der Waals surface area (Å²) in [5.74, 6) is -0.109. The molecule has 0 aromatic carbocycles. The van der Waals surface area contributed by atoms with Gasteiger partial charge in [0, 0.05) is 35.6 Å². The van der Waals surface area contributed by atoms with Crippen molar-refractivity contribution in [1.29, 1.82) is 0 Å². The summed E-state index contributed by atoms with van der Waals surface area (Å²) in [6, 6.07) is 3.98. The fourth-order valence-electron chi connectivity index (χ4n) is 2.19. The zero-order chi connectivity index (χ0) is 15.5. The van der Waals surface area contributed by atoms with E-state index in [0.29, 0.717) is 5.56 Å². The molecule has 1 unspecified atom stereocenters. The highest BCUT2D eigenvalue weighted by Gasteiger charge is 2.21. The standard InChI is InChI=1S/C15H16N4OS2/c1-10-12(9-17-19(10)2)14(20)18-13(15-16-5-7-22-15)8-11-4-3-6-21-11/h3-7,9,13H,8H2,1-2H3,(H,18,20). The molecule has 0 aliphatic heterocycles. The Morgan fingerprint density at radius 2 is 2.27 bits per heavy atom. The minimum absolute atomic E-state index is 0.109. The number of carbonyl (C=O) groups excluding carboxylic acids is 1. The number of aromatic nitrogens is 3. The summed E-state index contributed by atoms with van der Waals surface area (Å²) in [4.78, 5) is 18.1. The summed E-state index contributed by atoms with van der Waals surface area (Å²) in [6.07, 6.45) is 4.12. The van der Waals surface area contributed by atoms with Gasteiger partial charge in [0.05, 0.1) is 17.8 Å². The van der Waals surface area contributed by atoms with Gasteiger partial charge < -0.3 is 5.32 Å². The van der Waals surface area contributed by atoms with E-state index < -0.39 is 0 Å². The summed E-state index contributed by atoms with van der Waals surface area (Å²) in [5, 5.41) is 12.1. The van der Waals surface area contributed by atoms with Gasteiger partial charge in [0.25, 0.3) is 5.91 Å². The van der Waals surface area contributed by atoms with Gasteiger partial charge in [-0.1, -0.05) is 6.07 Å². The summed E-state index contributed by atoms with van der Waals surface area (Å²) in [6.45, 7) is 1.89. The predicted molar refractivity (Wildman–Crippen MR) is 88.3 cm³/mol. The largest absolute Gasteiger partial charge is 0.342 e. The number of nitrogens with zero attached hydrogens (tertiary/aromatic N) is 3. The number of rotatable bonds is 5. The Balaban J connectivity index is 1.81. The molecule has 3 heterocycles. The summed E-state index contributed by atoms with van der Waals surface area (Å²) >= 11 is 3.25. The third-order valence-electron chi connectivity index (χ3n) is 3.52. The lowest BCUT2D eigenvalue weighted by molar-refractivity contribution is 0.0936. The predicted octanol–water partition coefficient (Wildman–Crippen LogP) is 2.96. The molecule has 0 saturated heterocycles. The highest BCUT2D eigenvalue weighted by molar-refractivity contribution is 7.10. The van der Waals surface area contributed by atoms with Crippen LogP contribution in [0, 0.1) is 6.92 Å². The van der Waals surface area contributed by atoms with E-state index >= 15 is 0 Å². The molecule has 0 saturated carbocycles. The van der Waals surface area contributed by atoms with Crippen molar-refractivity contribution in [2.75, 3.05) is 0 Å². The molecule has 5 nitrogen and oxygen atoms in total. The first-order chi connectivity index (χ1) is 10.6. The van der Waals surface area contributed by atoms with Crippen molar-refractivity contribution in [1.82, 2.24) is 20.1 Å². The Hall–Kier alpha value is -1.99. The van der Waals surface area contributed by atoms with Crippen molar-refractivity contribution in [3.63, 3.8) is 0 Å². The lowest BCUT2D eigenvalue weighted by Gasteiger charge is -2.15. The van der Waals surface area contributed by atoms with Gasteiger partial charge in [-0.15, -0.1) is 22.7 Å². The van der Waals surface area contributed by atoms with Gasteiger partial charge in [0.2, 0.25) is 0 Å². The Bertz CT molecular complexity index is 747. The summed E-state index contributed by atoms with van der Waals surface area (Å²) in [5.41, 5.74) is 1.46. The molecule has 1 N–H and O–H groups in total. The molecular weight excluding hydrogens is 316 g/mol. The quantitative estimate of drug-likeness (QED) is 0.781. The topological polar surface area (TPSA) is 59.8 Å². The minimum atomic E-state index is -0.120. The van der Waals surface area contributed by atoms with Crippen LogP contribution in [0.2, 0.25) is 0 Å². The van der Waals surface area contributed by atoms with E-state index in [4.69, 9.17) is 0 Å². The van der Waals surface area contributed by atoms with Crippen LogP contribution in [0.25, 0.3) is 0 Å². The van der Waals surface area contributed by atoms with Gasteiger partial charge in [-0.2, -0.15) is 5.10 Å². The minimum Gasteiger partial charge on any atom is -0.342 e. The van der Waals surface area contributed by atoms with Gasteiger partial charge >= 0.3 is 0 Å². The number of nitrogens with one attached hydrogen (secondary N) is 1. The number of thiazole rings is 1. The molecule has 0 aliphatic carbocycles. The first-order valence-electron chi connectivity index (χ1n) is 6.86. The van der Waals surface area contributed by atoms with E-state index in [2.05, 4.69) is 21.5 Å². The lowest BCUT2D eigenvalue weighted by atomic mass is 10.1. The van der Waals surface area contributed by atoms with Crippen LogP contribution in [0.4, 0.5) is 0 Å². The SMILES string of the molecule is Cc1c(C(=O)NC(Cc2cccs2)c2nccs2)cnn1C. The van der Waals surface area contributed by atoms with Gasteiger partial charge in [0.1, 0.15) is 5.01 Å². The molecule has 7 heteroatoms. The van der Waals surface area contributed by atoms with Crippen LogP contribution in [-0.4, -0.2) is 20.7 Å².